The predicted octanol–water partition coefficient (Wildman–Crippen LogP) is 5.05. The van der Waals surface area contributed by atoms with Crippen molar-refractivity contribution >= 4 is 28.9 Å². The Morgan fingerprint density at radius 1 is 1.11 bits per heavy atom. The van der Waals surface area contributed by atoms with E-state index in [2.05, 4.69) is 5.32 Å². The molecule has 0 aliphatic heterocycles. The summed E-state index contributed by atoms with van der Waals surface area (Å²) < 4.78 is 13.1. The van der Waals surface area contributed by atoms with Crippen LogP contribution >= 0.6 is 23.2 Å². The third-order valence-electron chi connectivity index (χ3n) is 2.68. The molecule has 0 fully saturated rings. The van der Waals surface area contributed by atoms with E-state index >= 15 is 0 Å². The molecule has 0 saturated heterocycles. The van der Waals surface area contributed by atoms with Crippen LogP contribution in [0.1, 0.15) is 11.1 Å². The lowest BCUT2D eigenvalue weighted by Gasteiger charge is -2.11. The van der Waals surface area contributed by atoms with Gasteiger partial charge in [0.2, 0.25) is 0 Å². The van der Waals surface area contributed by atoms with E-state index in [1.165, 1.54) is 12.1 Å². The Hall–Kier alpha value is -1.25. The highest BCUT2D eigenvalue weighted by molar-refractivity contribution is 6.35. The average molecular weight is 284 g/mol. The van der Waals surface area contributed by atoms with Gasteiger partial charge in [-0.2, -0.15) is 0 Å². The minimum atomic E-state index is -0.259. The van der Waals surface area contributed by atoms with Crippen molar-refractivity contribution in [2.45, 2.75) is 13.5 Å². The fraction of sp³-hybridized carbons (Fsp3) is 0.143. The summed E-state index contributed by atoms with van der Waals surface area (Å²) in [5, 5.41) is 4.37. The molecule has 1 nitrogen and oxygen atoms in total. The van der Waals surface area contributed by atoms with Crippen LogP contribution < -0.4 is 5.32 Å². The monoisotopic (exact) mass is 283 g/mol. The van der Waals surface area contributed by atoms with Crippen molar-refractivity contribution < 1.29 is 4.39 Å². The molecule has 94 valence electrons. The molecule has 0 atom stereocenters. The highest BCUT2D eigenvalue weighted by atomic mass is 35.5. The van der Waals surface area contributed by atoms with Crippen molar-refractivity contribution in [3.05, 3.63) is 63.4 Å². The summed E-state index contributed by atoms with van der Waals surface area (Å²) in [6, 6.07) is 9.98. The van der Waals surface area contributed by atoms with Crippen molar-refractivity contribution in [3.63, 3.8) is 0 Å². The SMILES string of the molecule is Cc1ccc(F)cc1NCc1ccc(Cl)cc1Cl. The van der Waals surface area contributed by atoms with Gasteiger partial charge >= 0.3 is 0 Å². The lowest BCUT2D eigenvalue weighted by molar-refractivity contribution is 0.628. The molecule has 0 aliphatic carbocycles. The summed E-state index contributed by atoms with van der Waals surface area (Å²) in [6.07, 6.45) is 0. The van der Waals surface area contributed by atoms with Crippen LogP contribution in [0.15, 0.2) is 36.4 Å². The Morgan fingerprint density at radius 3 is 2.61 bits per heavy atom. The van der Waals surface area contributed by atoms with E-state index in [4.69, 9.17) is 23.2 Å². The van der Waals surface area contributed by atoms with E-state index < -0.39 is 0 Å². The largest absolute Gasteiger partial charge is 0.381 e. The van der Waals surface area contributed by atoms with Gasteiger partial charge in [0, 0.05) is 22.3 Å². The first kappa shape index (κ1) is 13.2. The van der Waals surface area contributed by atoms with Crippen molar-refractivity contribution in [2.24, 2.45) is 0 Å². The zero-order valence-electron chi connectivity index (χ0n) is 9.81. The third kappa shape index (κ3) is 3.15. The second kappa shape index (κ2) is 5.59. The van der Waals surface area contributed by atoms with Crippen LogP contribution in [0.2, 0.25) is 10.0 Å². The molecule has 2 rings (SSSR count). The van der Waals surface area contributed by atoms with Crippen molar-refractivity contribution in [3.8, 4) is 0 Å². The standard InChI is InChI=1S/C14H12Cl2FN/c1-9-2-5-12(17)7-14(9)18-8-10-3-4-11(15)6-13(10)16/h2-7,18H,8H2,1H3. The van der Waals surface area contributed by atoms with Gasteiger partial charge in [0.05, 0.1) is 0 Å². The topological polar surface area (TPSA) is 12.0 Å². The maximum atomic E-state index is 13.1. The Morgan fingerprint density at radius 2 is 1.89 bits per heavy atom. The van der Waals surface area contributed by atoms with Gasteiger partial charge in [-0.3, -0.25) is 0 Å². The van der Waals surface area contributed by atoms with Crippen LogP contribution in [-0.2, 0) is 6.54 Å². The molecule has 0 aliphatic rings. The van der Waals surface area contributed by atoms with Gasteiger partial charge in [0.1, 0.15) is 5.82 Å². The van der Waals surface area contributed by atoms with E-state index in [0.717, 1.165) is 16.8 Å². The summed E-state index contributed by atoms with van der Waals surface area (Å²) in [5.74, 6) is -0.259. The van der Waals surface area contributed by atoms with Crippen LogP contribution in [0, 0.1) is 12.7 Å². The maximum absolute atomic E-state index is 13.1. The molecule has 0 spiro atoms. The molecule has 0 radical (unpaired) electrons. The first-order chi connectivity index (χ1) is 8.56. The molecule has 2 aromatic carbocycles. The molecular weight excluding hydrogens is 272 g/mol. The molecule has 0 heterocycles. The molecular formula is C14H12Cl2FN. The number of rotatable bonds is 3. The Balaban J connectivity index is 2.13. The molecule has 18 heavy (non-hydrogen) atoms. The van der Waals surface area contributed by atoms with Gasteiger partial charge < -0.3 is 5.32 Å². The van der Waals surface area contributed by atoms with Gasteiger partial charge in [-0.25, -0.2) is 4.39 Å². The maximum Gasteiger partial charge on any atom is 0.125 e. The molecule has 4 heteroatoms. The van der Waals surface area contributed by atoms with Crippen LogP contribution in [0.4, 0.5) is 10.1 Å². The lowest BCUT2D eigenvalue weighted by Crippen LogP contribution is -2.02. The number of hydrogen-bond acceptors (Lipinski definition) is 1. The molecule has 0 aromatic heterocycles. The highest BCUT2D eigenvalue weighted by Crippen LogP contribution is 2.23. The smallest absolute Gasteiger partial charge is 0.125 e. The minimum Gasteiger partial charge on any atom is -0.381 e. The van der Waals surface area contributed by atoms with Crippen molar-refractivity contribution in [1.82, 2.24) is 0 Å². The summed E-state index contributed by atoms with van der Waals surface area (Å²) in [6.45, 7) is 2.45. The third-order valence-corrected chi connectivity index (χ3v) is 3.27. The summed E-state index contributed by atoms with van der Waals surface area (Å²) >= 11 is 11.9. The minimum absolute atomic E-state index is 0.259. The molecule has 2 aromatic rings. The Kier molecular flexibility index (Phi) is 4.10. The molecule has 0 amide bonds. The fourth-order valence-electron chi connectivity index (χ4n) is 1.64. The quantitative estimate of drug-likeness (QED) is 0.831. The van der Waals surface area contributed by atoms with Gasteiger partial charge in [-0.15, -0.1) is 0 Å². The van der Waals surface area contributed by atoms with E-state index in [1.54, 1.807) is 18.2 Å². The zero-order valence-corrected chi connectivity index (χ0v) is 11.3. The lowest BCUT2D eigenvalue weighted by atomic mass is 10.1. The second-order valence-electron chi connectivity index (χ2n) is 4.05. The van der Waals surface area contributed by atoms with Crippen molar-refractivity contribution in [2.75, 3.05) is 5.32 Å². The fourth-order valence-corrected chi connectivity index (χ4v) is 2.12. The molecule has 0 saturated carbocycles. The van der Waals surface area contributed by atoms with Crippen LogP contribution in [0.5, 0.6) is 0 Å². The molecule has 1 N–H and O–H groups in total. The normalized spacial score (nSPS) is 10.4. The predicted molar refractivity (Wildman–Crippen MR) is 74.9 cm³/mol. The van der Waals surface area contributed by atoms with Gasteiger partial charge in [-0.05, 0) is 42.3 Å². The first-order valence-corrected chi connectivity index (χ1v) is 6.26. The van der Waals surface area contributed by atoms with Crippen LogP contribution in [0.25, 0.3) is 0 Å². The summed E-state index contributed by atoms with van der Waals surface area (Å²) in [5.41, 5.74) is 2.67. The van der Waals surface area contributed by atoms with E-state index in [-0.39, 0.29) is 5.82 Å². The number of hydrogen-bond donors (Lipinski definition) is 1. The number of anilines is 1. The highest BCUT2D eigenvalue weighted by Gasteiger charge is 2.03. The van der Waals surface area contributed by atoms with E-state index in [0.29, 0.717) is 16.6 Å². The van der Waals surface area contributed by atoms with E-state index in [1.807, 2.05) is 13.0 Å². The van der Waals surface area contributed by atoms with E-state index in [9.17, 15) is 4.39 Å². The Bertz CT molecular complexity index is 570. The number of aryl methyl sites for hydroxylation is 1. The average Bonchev–Trinajstić information content (AvgIpc) is 2.32. The molecule has 0 bridgehead atoms. The number of benzene rings is 2. The van der Waals surface area contributed by atoms with Gasteiger partial charge in [-0.1, -0.05) is 35.3 Å². The van der Waals surface area contributed by atoms with Crippen LogP contribution in [-0.4, -0.2) is 0 Å². The van der Waals surface area contributed by atoms with Gasteiger partial charge in [0.15, 0.2) is 0 Å². The van der Waals surface area contributed by atoms with Crippen LogP contribution in [0.3, 0.4) is 0 Å². The first-order valence-electron chi connectivity index (χ1n) is 5.50. The van der Waals surface area contributed by atoms with Crippen molar-refractivity contribution in [1.29, 1.82) is 0 Å². The molecule has 0 unspecified atom stereocenters. The summed E-state index contributed by atoms with van der Waals surface area (Å²) in [7, 11) is 0. The Labute approximate surface area is 116 Å². The zero-order chi connectivity index (χ0) is 13.1. The van der Waals surface area contributed by atoms with Gasteiger partial charge in [0.25, 0.3) is 0 Å². The summed E-state index contributed by atoms with van der Waals surface area (Å²) in [4.78, 5) is 0. The number of nitrogens with one attached hydrogen (secondary N) is 1. The second-order valence-corrected chi connectivity index (χ2v) is 4.89. The number of halogens is 3.